The first-order valence-corrected chi connectivity index (χ1v) is 10.3. The number of aromatic nitrogens is 1. The van der Waals surface area contributed by atoms with Crippen LogP contribution in [0.4, 0.5) is 5.13 Å². The molecule has 2 aromatic rings. The Balaban J connectivity index is 1.51. The Morgan fingerprint density at radius 1 is 1.19 bits per heavy atom. The Morgan fingerprint density at radius 3 is 2.52 bits per heavy atom. The van der Waals surface area contributed by atoms with Crippen molar-refractivity contribution in [2.75, 3.05) is 31.9 Å². The van der Waals surface area contributed by atoms with Crippen LogP contribution < -0.4 is 5.73 Å². The maximum absolute atomic E-state index is 12.7. The molecule has 0 radical (unpaired) electrons. The molecule has 3 heterocycles. The number of hydrogen-bond donors (Lipinski definition) is 1. The SMILES string of the molecule is Nc1nc(C2(c3ccccc3)CCN(C(=O)CN3CCCC3=O)CC2)cs1. The van der Waals surface area contributed by atoms with Crippen molar-refractivity contribution in [3.8, 4) is 0 Å². The van der Waals surface area contributed by atoms with Gasteiger partial charge in [-0.05, 0) is 24.8 Å². The van der Waals surface area contributed by atoms with Crippen molar-refractivity contribution in [2.24, 2.45) is 0 Å². The summed E-state index contributed by atoms with van der Waals surface area (Å²) in [6.07, 6.45) is 3.03. The molecule has 6 nitrogen and oxygen atoms in total. The number of likely N-dealkylation sites (tertiary alicyclic amines) is 2. The van der Waals surface area contributed by atoms with Crippen LogP contribution in [0.5, 0.6) is 0 Å². The number of piperidine rings is 1. The summed E-state index contributed by atoms with van der Waals surface area (Å²) < 4.78 is 0. The maximum atomic E-state index is 12.7. The summed E-state index contributed by atoms with van der Waals surface area (Å²) in [6, 6.07) is 10.4. The minimum Gasteiger partial charge on any atom is -0.375 e. The van der Waals surface area contributed by atoms with Gasteiger partial charge >= 0.3 is 0 Å². The number of nitrogens with two attached hydrogens (primary N) is 1. The summed E-state index contributed by atoms with van der Waals surface area (Å²) in [7, 11) is 0. The predicted molar refractivity (Wildman–Crippen MR) is 105 cm³/mol. The van der Waals surface area contributed by atoms with Gasteiger partial charge in [0.15, 0.2) is 5.13 Å². The zero-order chi connectivity index (χ0) is 18.9. The second-order valence-corrected chi connectivity index (χ2v) is 8.21. The molecule has 2 amide bonds. The quantitative estimate of drug-likeness (QED) is 0.877. The average molecular weight is 385 g/mol. The third-order valence-electron chi connectivity index (χ3n) is 5.81. The molecule has 0 bridgehead atoms. The summed E-state index contributed by atoms with van der Waals surface area (Å²) in [5.74, 6) is 0.140. The van der Waals surface area contributed by atoms with Gasteiger partial charge < -0.3 is 15.5 Å². The molecule has 2 saturated heterocycles. The van der Waals surface area contributed by atoms with Crippen molar-refractivity contribution >= 4 is 28.3 Å². The van der Waals surface area contributed by atoms with Gasteiger partial charge in [-0.15, -0.1) is 11.3 Å². The number of benzene rings is 1. The number of rotatable bonds is 4. The highest BCUT2D eigenvalue weighted by molar-refractivity contribution is 7.13. The zero-order valence-electron chi connectivity index (χ0n) is 15.3. The van der Waals surface area contributed by atoms with Crippen molar-refractivity contribution < 1.29 is 9.59 Å². The van der Waals surface area contributed by atoms with Crippen LogP contribution in [0.2, 0.25) is 0 Å². The lowest BCUT2D eigenvalue weighted by atomic mass is 9.70. The lowest BCUT2D eigenvalue weighted by Gasteiger charge is -2.41. The lowest BCUT2D eigenvalue weighted by Crippen LogP contribution is -2.49. The number of thiazole rings is 1. The van der Waals surface area contributed by atoms with Crippen molar-refractivity contribution in [1.29, 1.82) is 0 Å². The Morgan fingerprint density at radius 2 is 1.93 bits per heavy atom. The Bertz CT molecular complexity index is 828. The second kappa shape index (κ2) is 7.31. The summed E-state index contributed by atoms with van der Waals surface area (Å²) in [5.41, 5.74) is 7.91. The van der Waals surface area contributed by atoms with Crippen LogP contribution in [0.15, 0.2) is 35.7 Å². The molecular weight excluding hydrogens is 360 g/mol. The van der Waals surface area contributed by atoms with E-state index in [1.807, 2.05) is 28.5 Å². The van der Waals surface area contributed by atoms with E-state index in [1.54, 1.807) is 4.90 Å². The van der Waals surface area contributed by atoms with Crippen LogP contribution >= 0.6 is 11.3 Å². The molecule has 0 unspecified atom stereocenters. The first kappa shape index (κ1) is 18.0. The van der Waals surface area contributed by atoms with E-state index in [1.165, 1.54) is 16.9 Å². The monoisotopic (exact) mass is 384 g/mol. The van der Waals surface area contributed by atoms with Gasteiger partial charge in [-0.3, -0.25) is 9.59 Å². The fourth-order valence-electron chi connectivity index (χ4n) is 4.23. The molecule has 2 N–H and O–H groups in total. The third-order valence-corrected chi connectivity index (χ3v) is 6.48. The summed E-state index contributed by atoms with van der Waals surface area (Å²) >= 11 is 1.46. The van der Waals surface area contributed by atoms with Gasteiger partial charge in [0, 0.05) is 36.9 Å². The molecule has 2 fully saturated rings. The Labute approximate surface area is 163 Å². The maximum Gasteiger partial charge on any atom is 0.242 e. The summed E-state index contributed by atoms with van der Waals surface area (Å²) in [5, 5.41) is 2.62. The molecule has 0 atom stereocenters. The van der Waals surface area contributed by atoms with Crippen LogP contribution in [0.3, 0.4) is 0 Å². The molecule has 0 saturated carbocycles. The van der Waals surface area contributed by atoms with Crippen molar-refractivity contribution in [3.05, 3.63) is 47.0 Å². The van der Waals surface area contributed by atoms with Crippen molar-refractivity contribution in [3.63, 3.8) is 0 Å². The fourth-order valence-corrected chi connectivity index (χ4v) is 4.89. The van der Waals surface area contributed by atoms with Crippen molar-refractivity contribution in [2.45, 2.75) is 31.1 Å². The predicted octanol–water partition coefficient (Wildman–Crippen LogP) is 2.26. The number of nitrogen functional groups attached to an aromatic ring is 1. The first-order valence-electron chi connectivity index (χ1n) is 9.41. The second-order valence-electron chi connectivity index (χ2n) is 7.32. The van der Waals surface area contributed by atoms with Gasteiger partial charge in [-0.25, -0.2) is 4.98 Å². The molecule has 0 spiro atoms. The molecule has 1 aromatic carbocycles. The van der Waals surface area contributed by atoms with Crippen molar-refractivity contribution in [1.82, 2.24) is 14.8 Å². The van der Waals surface area contributed by atoms with Crippen LogP contribution in [0.1, 0.15) is 36.9 Å². The van der Waals surface area contributed by atoms with E-state index in [9.17, 15) is 9.59 Å². The standard InChI is InChI=1S/C20H24N4O2S/c21-19-22-16(14-27-19)20(15-5-2-1-3-6-15)8-11-23(12-9-20)18(26)13-24-10-4-7-17(24)25/h1-3,5-6,14H,4,7-13H2,(H2,21,22). The number of carbonyl (C=O) groups is 2. The largest absolute Gasteiger partial charge is 0.375 e. The van der Waals surface area contributed by atoms with E-state index < -0.39 is 0 Å². The van der Waals surface area contributed by atoms with Crippen LogP contribution in [-0.4, -0.2) is 52.8 Å². The highest BCUT2D eigenvalue weighted by Crippen LogP contribution is 2.42. The normalized spacial score (nSPS) is 19.5. The van der Waals surface area contributed by atoms with Gasteiger partial charge in [-0.1, -0.05) is 30.3 Å². The summed E-state index contributed by atoms with van der Waals surface area (Å²) in [4.78, 5) is 32.7. The van der Waals surface area contributed by atoms with Crippen LogP contribution in [0, 0.1) is 0 Å². The molecule has 27 heavy (non-hydrogen) atoms. The van der Waals surface area contributed by atoms with Gasteiger partial charge in [0.05, 0.1) is 12.2 Å². The zero-order valence-corrected chi connectivity index (χ0v) is 16.1. The van der Waals surface area contributed by atoms with Crippen LogP contribution in [0.25, 0.3) is 0 Å². The average Bonchev–Trinajstić information content (AvgIpc) is 3.31. The van der Waals surface area contributed by atoms with E-state index in [0.29, 0.717) is 31.2 Å². The molecule has 7 heteroatoms. The van der Waals surface area contributed by atoms with Gasteiger partial charge in [0.2, 0.25) is 11.8 Å². The molecule has 0 aliphatic carbocycles. The molecule has 2 aliphatic heterocycles. The summed E-state index contributed by atoms with van der Waals surface area (Å²) in [6.45, 7) is 2.23. The third kappa shape index (κ3) is 3.43. The van der Waals surface area contributed by atoms with E-state index in [-0.39, 0.29) is 23.8 Å². The topological polar surface area (TPSA) is 79.5 Å². The number of carbonyl (C=O) groups excluding carboxylic acids is 2. The van der Waals surface area contributed by atoms with Gasteiger partial charge in [0.1, 0.15) is 0 Å². The molecular formula is C20H24N4O2S. The number of hydrogen-bond acceptors (Lipinski definition) is 5. The van der Waals surface area contributed by atoms with E-state index in [2.05, 4.69) is 17.1 Å². The highest BCUT2D eigenvalue weighted by Gasteiger charge is 2.41. The minimum atomic E-state index is -0.213. The highest BCUT2D eigenvalue weighted by atomic mass is 32.1. The number of anilines is 1. The molecule has 4 rings (SSSR count). The molecule has 2 aliphatic rings. The van der Waals surface area contributed by atoms with E-state index in [0.717, 1.165) is 25.0 Å². The minimum absolute atomic E-state index is 0.0460. The lowest BCUT2D eigenvalue weighted by molar-refractivity contribution is -0.139. The van der Waals surface area contributed by atoms with Gasteiger partial charge in [-0.2, -0.15) is 0 Å². The fraction of sp³-hybridized carbons (Fsp3) is 0.450. The molecule has 142 valence electrons. The number of nitrogens with zero attached hydrogens (tertiary/aromatic N) is 3. The number of amides is 2. The smallest absolute Gasteiger partial charge is 0.242 e. The van der Waals surface area contributed by atoms with Gasteiger partial charge in [0.25, 0.3) is 0 Å². The Hall–Kier alpha value is -2.41. The van der Waals surface area contributed by atoms with E-state index >= 15 is 0 Å². The molecule has 1 aromatic heterocycles. The Kier molecular flexibility index (Phi) is 4.86. The van der Waals surface area contributed by atoms with E-state index in [4.69, 9.17) is 5.73 Å². The first-order chi connectivity index (χ1) is 13.1. The van der Waals surface area contributed by atoms with Crippen LogP contribution in [-0.2, 0) is 15.0 Å².